The zero-order chi connectivity index (χ0) is 14.4. The third kappa shape index (κ3) is 3.99. The van der Waals surface area contributed by atoms with E-state index < -0.39 is 4.92 Å². The summed E-state index contributed by atoms with van der Waals surface area (Å²) >= 11 is 11.1. The lowest BCUT2D eigenvalue weighted by Gasteiger charge is -2.11. The number of hydrogen-bond acceptors (Lipinski definition) is 5. The summed E-state index contributed by atoms with van der Waals surface area (Å²) in [6.07, 6.45) is 0. The maximum absolute atomic E-state index is 10.9. The molecule has 0 spiro atoms. The molecular formula is C11H12Cl2N2O4. The van der Waals surface area contributed by atoms with E-state index in [1.165, 1.54) is 19.2 Å². The lowest BCUT2D eigenvalue weighted by molar-refractivity contribution is -0.385. The van der Waals surface area contributed by atoms with Gasteiger partial charge in [0.1, 0.15) is 6.61 Å². The van der Waals surface area contributed by atoms with E-state index in [2.05, 4.69) is 0 Å². The van der Waals surface area contributed by atoms with Crippen molar-refractivity contribution >= 4 is 28.9 Å². The van der Waals surface area contributed by atoms with Gasteiger partial charge in [0.05, 0.1) is 23.1 Å². The fraction of sp³-hybridized carbons (Fsp3) is 0.273. The van der Waals surface area contributed by atoms with E-state index in [1.807, 2.05) is 0 Å². The van der Waals surface area contributed by atoms with Gasteiger partial charge in [-0.15, -0.1) is 0 Å². The van der Waals surface area contributed by atoms with Crippen LogP contribution >= 0.6 is 23.2 Å². The third-order valence-corrected chi connectivity index (χ3v) is 2.86. The van der Waals surface area contributed by atoms with Gasteiger partial charge in [0.2, 0.25) is 0 Å². The molecule has 0 fully saturated rings. The maximum atomic E-state index is 10.9. The molecule has 0 bridgehead atoms. The monoisotopic (exact) mass is 306 g/mol. The molecule has 0 radical (unpaired) electrons. The van der Waals surface area contributed by atoms with Gasteiger partial charge in [-0.25, -0.2) is 0 Å². The van der Waals surface area contributed by atoms with Crippen LogP contribution in [0, 0.1) is 10.1 Å². The first-order valence-corrected chi connectivity index (χ1v) is 5.97. The fourth-order valence-electron chi connectivity index (χ4n) is 1.38. The Hall–Kier alpha value is -1.50. The van der Waals surface area contributed by atoms with Gasteiger partial charge in [-0.3, -0.25) is 10.1 Å². The Labute approximate surface area is 119 Å². The Morgan fingerprint density at radius 3 is 2.68 bits per heavy atom. The second-order valence-electron chi connectivity index (χ2n) is 3.44. The molecule has 19 heavy (non-hydrogen) atoms. The molecular weight excluding hydrogens is 295 g/mol. The molecule has 0 amide bonds. The number of nitro groups is 1. The molecule has 0 aliphatic carbocycles. The first-order chi connectivity index (χ1) is 9.03. The number of nitrogens with zero attached hydrogens (tertiary/aromatic N) is 1. The molecule has 0 saturated heterocycles. The Morgan fingerprint density at radius 2 is 2.21 bits per heavy atom. The summed E-state index contributed by atoms with van der Waals surface area (Å²) in [7, 11) is 1.42. The fourth-order valence-corrected chi connectivity index (χ4v) is 1.49. The maximum Gasteiger partial charge on any atom is 0.277 e. The molecule has 0 saturated carbocycles. The molecule has 0 atom stereocenters. The number of hydrogen-bond donors (Lipinski definition) is 1. The van der Waals surface area contributed by atoms with Crippen molar-refractivity contribution in [1.82, 2.24) is 0 Å². The number of methoxy groups -OCH3 is 1. The van der Waals surface area contributed by atoms with E-state index in [1.54, 1.807) is 0 Å². The first-order valence-electron chi connectivity index (χ1n) is 5.16. The molecule has 0 heterocycles. The average Bonchev–Trinajstić information content (AvgIpc) is 2.43. The Morgan fingerprint density at radius 1 is 1.53 bits per heavy atom. The minimum absolute atomic E-state index is 0.0134. The van der Waals surface area contributed by atoms with Gasteiger partial charge in [0.25, 0.3) is 5.69 Å². The predicted molar refractivity (Wildman–Crippen MR) is 72.8 cm³/mol. The van der Waals surface area contributed by atoms with Crippen molar-refractivity contribution in [1.29, 1.82) is 0 Å². The van der Waals surface area contributed by atoms with Crippen molar-refractivity contribution < 1.29 is 14.4 Å². The molecule has 8 heteroatoms. The molecule has 104 valence electrons. The Bertz CT molecular complexity index is 506. The van der Waals surface area contributed by atoms with E-state index in [4.69, 9.17) is 38.4 Å². The van der Waals surface area contributed by atoms with Gasteiger partial charge in [-0.1, -0.05) is 23.2 Å². The molecule has 1 aromatic rings. The van der Waals surface area contributed by atoms with Gasteiger partial charge in [-0.2, -0.15) is 0 Å². The lowest BCUT2D eigenvalue weighted by Crippen LogP contribution is -2.05. The van der Waals surface area contributed by atoms with E-state index in [0.29, 0.717) is 11.3 Å². The van der Waals surface area contributed by atoms with Crippen molar-refractivity contribution in [3.8, 4) is 11.5 Å². The van der Waals surface area contributed by atoms with Crippen LogP contribution in [0.5, 0.6) is 11.5 Å². The minimum atomic E-state index is -0.534. The SMILES string of the molecule is COc1cc(CN)c([N+](=O)[O-])cc1OCC(Cl)=CCl. The highest BCUT2D eigenvalue weighted by Gasteiger charge is 2.18. The molecule has 0 aliphatic heterocycles. The smallest absolute Gasteiger partial charge is 0.277 e. The van der Waals surface area contributed by atoms with Crippen molar-refractivity contribution in [3.05, 3.63) is 38.4 Å². The van der Waals surface area contributed by atoms with Crippen LogP contribution in [0.15, 0.2) is 22.7 Å². The molecule has 0 unspecified atom stereocenters. The van der Waals surface area contributed by atoms with Crippen LogP contribution in [0.1, 0.15) is 5.56 Å². The van der Waals surface area contributed by atoms with Crippen molar-refractivity contribution in [3.63, 3.8) is 0 Å². The highest BCUT2D eigenvalue weighted by molar-refractivity contribution is 6.36. The molecule has 1 rings (SSSR count). The van der Waals surface area contributed by atoms with E-state index in [0.717, 1.165) is 5.54 Å². The summed E-state index contributed by atoms with van der Waals surface area (Å²) in [6.45, 7) is 0.00976. The van der Waals surface area contributed by atoms with Crippen molar-refractivity contribution in [2.24, 2.45) is 5.73 Å². The summed E-state index contributed by atoms with van der Waals surface area (Å²) in [5.41, 5.74) is 6.83. The van der Waals surface area contributed by atoms with E-state index in [9.17, 15) is 10.1 Å². The summed E-state index contributed by atoms with van der Waals surface area (Å²) in [5, 5.41) is 11.2. The first kappa shape index (κ1) is 15.6. The van der Waals surface area contributed by atoms with Crippen LogP contribution in [0.25, 0.3) is 0 Å². The van der Waals surface area contributed by atoms with Gasteiger partial charge in [-0.05, 0) is 6.07 Å². The molecule has 0 aliphatic rings. The normalized spacial score (nSPS) is 11.3. The Kier molecular flexibility index (Phi) is 5.88. The number of nitrogens with two attached hydrogens (primary N) is 1. The largest absolute Gasteiger partial charge is 0.493 e. The number of nitro benzene ring substituents is 1. The Balaban J connectivity index is 3.14. The topological polar surface area (TPSA) is 87.6 Å². The van der Waals surface area contributed by atoms with Crippen LogP contribution in [0.3, 0.4) is 0 Å². The number of rotatable bonds is 6. The van der Waals surface area contributed by atoms with Gasteiger partial charge in [0.15, 0.2) is 11.5 Å². The number of ether oxygens (including phenoxy) is 2. The summed E-state index contributed by atoms with van der Waals surface area (Å²) in [4.78, 5) is 10.4. The van der Waals surface area contributed by atoms with Crippen LogP contribution in [0.2, 0.25) is 0 Å². The van der Waals surface area contributed by atoms with Crippen LogP contribution in [-0.4, -0.2) is 18.6 Å². The van der Waals surface area contributed by atoms with Gasteiger partial charge >= 0.3 is 0 Å². The molecule has 0 aromatic heterocycles. The van der Waals surface area contributed by atoms with Crippen LogP contribution in [-0.2, 0) is 6.54 Å². The number of halogens is 2. The molecule has 2 N–H and O–H groups in total. The molecule has 6 nitrogen and oxygen atoms in total. The molecule has 1 aromatic carbocycles. The summed E-state index contributed by atoms with van der Waals surface area (Å²) in [5.74, 6) is 0.535. The summed E-state index contributed by atoms with van der Waals surface area (Å²) < 4.78 is 10.4. The van der Waals surface area contributed by atoms with Gasteiger partial charge < -0.3 is 15.2 Å². The standard InChI is InChI=1S/C11H12Cl2N2O4/c1-18-10-2-7(5-14)9(15(16)17)3-11(10)19-6-8(13)4-12/h2-4H,5-6,14H2,1H3. The van der Waals surface area contributed by atoms with E-state index >= 15 is 0 Å². The zero-order valence-electron chi connectivity index (χ0n) is 10.1. The van der Waals surface area contributed by atoms with Crippen molar-refractivity contribution in [2.75, 3.05) is 13.7 Å². The van der Waals surface area contributed by atoms with E-state index in [-0.39, 0.29) is 29.6 Å². The minimum Gasteiger partial charge on any atom is -0.493 e. The predicted octanol–water partition coefficient (Wildman–Crippen LogP) is 2.76. The third-order valence-electron chi connectivity index (χ3n) is 2.27. The zero-order valence-corrected chi connectivity index (χ0v) is 11.6. The van der Waals surface area contributed by atoms with Gasteiger partial charge in [0, 0.05) is 17.6 Å². The highest BCUT2D eigenvalue weighted by atomic mass is 35.5. The van der Waals surface area contributed by atoms with Crippen LogP contribution < -0.4 is 15.2 Å². The van der Waals surface area contributed by atoms with Crippen molar-refractivity contribution in [2.45, 2.75) is 6.54 Å². The van der Waals surface area contributed by atoms with Crippen LogP contribution in [0.4, 0.5) is 5.69 Å². The summed E-state index contributed by atoms with van der Waals surface area (Å²) in [6, 6.07) is 2.71. The second-order valence-corrected chi connectivity index (χ2v) is 4.14. The average molecular weight is 307 g/mol. The quantitative estimate of drug-likeness (QED) is 0.645. The second kappa shape index (κ2) is 7.18. The lowest BCUT2D eigenvalue weighted by atomic mass is 10.1. The highest BCUT2D eigenvalue weighted by Crippen LogP contribution is 2.34. The number of benzene rings is 1.